The van der Waals surface area contributed by atoms with Crippen molar-refractivity contribution in [2.75, 3.05) is 18.6 Å². The number of aromatic nitrogens is 1. The molecule has 1 fully saturated rings. The van der Waals surface area contributed by atoms with Crippen LogP contribution in [0.1, 0.15) is 12.8 Å². The van der Waals surface area contributed by atoms with Crippen LogP contribution in [0.15, 0.2) is 23.4 Å². The average molecular weight is 272 g/mol. The van der Waals surface area contributed by atoms with Crippen molar-refractivity contribution in [3.63, 3.8) is 0 Å². The molecule has 7 nitrogen and oxygen atoms in total. The Morgan fingerprint density at radius 3 is 3.00 bits per heavy atom. The van der Waals surface area contributed by atoms with Crippen LogP contribution in [0, 0.1) is 0 Å². The van der Waals surface area contributed by atoms with Crippen molar-refractivity contribution in [3.8, 4) is 0 Å². The summed E-state index contributed by atoms with van der Waals surface area (Å²) in [6.07, 6.45) is 4.35. The molecule has 1 unspecified atom stereocenters. The lowest BCUT2D eigenvalue weighted by Gasteiger charge is -2.23. The van der Waals surface area contributed by atoms with Crippen LogP contribution >= 0.6 is 0 Å². The fourth-order valence-corrected chi connectivity index (χ4v) is 3.20. The zero-order chi connectivity index (χ0) is 13.0. The van der Waals surface area contributed by atoms with Gasteiger partial charge in [-0.05, 0) is 18.9 Å². The highest BCUT2D eigenvalue weighted by atomic mass is 32.2. The van der Waals surface area contributed by atoms with Crippen LogP contribution in [-0.2, 0) is 14.8 Å². The van der Waals surface area contributed by atoms with Gasteiger partial charge in [0, 0.05) is 25.0 Å². The molecular formula is C10H16N4O3S. The monoisotopic (exact) mass is 272 g/mol. The molecule has 1 atom stereocenters. The number of hydrazine groups is 1. The van der Waals surface area contributed by atoms with E-state index in [2.05, 4.69) is 15.1 Å². The summed E-state index contributed by atoms with van der Waals surface area (Å²) in [5.41, 5.74) is 2.66. The summed E-state index contributed by atoms with van der Waals surface area (Å²) in [6.45, 7) is 1.08. The summed E-state index contributed by atoms with van der Waals surface area (Å²) in [5, 5.41) is 0. The highest BCUT2D eigenvalue weighted by Crippen LogP contribution is 2.19. The topological polar surface area (TPSA) is 106 Å². The first kappa shape index (κ1) is 13.2. The smallest absolute Gasteiger partial charge is 0.244 e. The largest absolute Gasteiger partial charge is 0.380 e. The number of rotatable bonds is 4. The molecule has 18 heavy (non-hydrogen) atoms. The summed E-state index contributed by atoms with van der Waals surface area (Å²) < 4.78 is 32.2. The van der Waals surface area contributed by atoms with Crippen molar-refractivity contribution in [2.45, 2.75) is 23.8 Å². The van der Waals surface area contributed by atoms with Crippen LogP contribution in [0.4, 0.5) is 5.69 Å². The van der Waals surface area contributed by atoms with Crippen LogP contribution in [0.25, 0.3) is 0 Å². The molecule has 0 bridgehead atoms. The molecule has 1 aliphatic heterocycles. The lowest BCUT2D eigenvalue weighted by Crippen LogP contribution is -2.40. The van der Waals surface area contributed by atoms with Gasteiger partial charge in [-0.1, -0.05) is 0 Å². The van der Waals surface area contributed by atoms with Gasteiger partial charge in [0.15, 0.2) is 0 Å². The Balaban J connectivity index is 2.19. The Kier molecular flexibility index (Phi) is 4.12. The molecule has 1 aromatic rings. The number of nitrogen functional groups attached to an aromatic ring is 1. The molecule has 1 aromatic heterocycles. The zero-order valence-corrected chi connectivity index (χ0v) is 10.6. The second-order valence-corrected chi connectivity index (χ2v) is 5.73. The number of pyridine rings is 1. The van der Waals surface area contributed by atoms with Crippen LogP contribution in [-0.4, -0.2) is 32.7 Å². The summed E-state index contributed by atoms with van der Waals surface area (Å²) in [5.74, 6) is 5.29. The normalized spacial score (nSPS) is 20.6. The standard InChI is InChI=1S/C10H16N4O3S/c11-13-9-3-4-12-6-10(9)18(15,16)14-8-2-1-5-17-7-8/h3-4,6,8,14H,1-2,5,7,11H2,(H,12,13). The van der Waals surface area contributed by atoms with E-state index in [1.807, 2.05) is 0 Å². The lowest BCUT2D eigenvalue weighted by atomic mass is 10.1. The fourth-order valence-electron chi connectivity index (χ4n) is 1.83. The van der Waals surface area contributed by atoms with E-state index in [0.717, 1.165) is 12.8 Å². The minimum atomic E-state index is -3.64. The summed E-state index contributed by atoms with van der Waals surface area (Å²) in [4.78, 5) is 3.85. The molecular weight excluding hydrogens is 256 g/mol. The molecule has 2 heterocycles. The van der Waals surface area contributed by atoms with E-state index in [1.54, 1.807) is 0 Å². The Morgan fingerprint density at radius 1 is 1.50 bits per heavy atom. The molecule has 1 aliphatic rings. The maximum Gasteiger partial charge on any atom is 0.244 e. The number of nitrogens with zero attached hydrogens (tertiary/aromatic N) is 1. The molecule has 1 saturated heterocycles. The summed E-state index contributed by atoms with van der Waals surface area (Å²) in [6, 6.07) is 1.31. The second kappa shape index (κ2) is 5.61. The van der Waals surface area contributed by atoms with Gasteiger partial charge < -0.3 is 10.2 Å². The van der Waals surface area contributed by atoms with Crippen LogP contribution in [0.3, 0.4) is 0 Å². The Labute approximate surface area is 106 Å². The molecule has 100 valence electrons. The maximum atomic E-state index is 12.2. The number of anilines is 1. The van der Waals surface area contributed by atoms with Gasteiger partial charge in [-0.3, -0.25) is 10.8 Å². The molecule has 4 N–H and O–H groups in total. The third-order valence-electron chi connectivity index (χ3n) is 2.71. The molecule has 0 aromatic carbocycles. The first-order chi connectivity index (χ1) is 8.63. The van der Waals surface area contributed by atoms with Gasteiger partial charge in [-0.25, -0.2) is 13.1 Å². The van der Waals surface area contributed by atoms with E-state index in [4.69, 9.17) is 10.6 Å². The Morgan fingerprint density at radius 2 is 2.33 bits per heavy atom. The van der Waals surface area contributed by atoms with E-state index < -0.39 is 10.0 Å². The van der Waals surface area contributed by atoms with Gasteiger partial charge in [0.05, 0.1) is 12.3 Å². The van der Waals surface area contributed by atoms with Gasteiger partial charge in [-0.15, -0.1) is 0 Å². The van der Waals surface area contributed by atoms with Crippen LogP contribution in [0.5, 0.6) is 0 Å². The maximum absolute atomic E-state index is 12.2. The van der Waals surface area contributed by atoms with Crippen LogP contribution < -0.4 is 16.0 Å². The van der Waals surface area contributed by atoms with Crippen molar-refractivity contribution in [1.29, 1.82) is 0 Å². The van der Waals surface area contributed by atoms with Crippen molar-refractivity contribution in [2.24, 2.45) is 5.84 Å². The Bertz CT molecular complexity index is 500. The van der Waals surface area contributed by atoms with Crippen molar-refractivity contribution < 1.29 is 13.2 Å². The SMILES string of the molecule is NNc1ccncc1S(=O)(=O)NC1CCCOC1. The van der Waals surface area contributed by atoms with E-state index in [1.165, 1.54) is 18.5 Å². The first-order valence-electron chi connectivity index (χ1n) is 5.64. The highest BCUT2D eigenvalue weighted by Gasteiger charge is 2.24. The van der Waals surface area contributed by atoms with E-state index >= 15 is 0 Å². The highest BCUT2D eigenvalue weighted by molar-refractivity contribution is 7.89. The van der Waals surface area contributed by atoms with E-state index in [-0.39, 0.29) is 10.9 Å². The van der Waals surface area contributed by atoms with Crippen molar-refractivity contribution in [1.82, 2.24) is 9.71 Å². The minimum absolute atomic E-state index is 0.0399. The third kappa shape index (κ3) is 2.96. The van der Waals surface area contributed by atoms with Crippen molar-refractivity contribution >= 4 is 15.7 Å². The van der Waals surface area contributed by atoms with Gasteiger partial charge in [0.25, 0.3) is 0 Å². The van der Waals surface area contributed by atoms with E-state index in [9.17, 15) is 8.42 Å². The minimum Gasteiger partial charge on any atom is -0.380 e. The predicted molar refractivity (Wildman–Crippen MR) is 66.2 cm³/mol. The summed E-state index contributed by atoms with van der Waals surface area (Å²) >= 11 is 0. The third-order valence-corrected chi connectivity index (χ3v) is 4.26. The van der Waals surface area contributed by atoms with E-state index in [0.29, 0.717) is 18.9 Å². The van der Waals surface area contributed by atoms with Gasteiger partial charge in [0.1, 0.15) is 4.90 Å². The number of nitrogens with one attached hydrogen (secondary N) is 2. The lowest BCUT2D eigenvalue weighted by molar-refractivity contribution is 0.0774. The van der Waals surface area contributed by atoms with Gasteiger partial charge in [-0.2, -0.15) is 0 Å². The van der Waals surface area contributed by atoms with Gasteiger partial charge >= 0.3 is 0 Å². The molecule has 0 aliphatic carbocycles. The van der Waals surface area contributed by atoms with Crippen molar-refractivity contribution in [3.05, 3.63) is 18.5 Å². The molecule has 0 amide bonds. The number of nitrogens with two attached hydrogens (primary N) is 1. The quantitative estimate of drug-likeness (QED) is 0.519. The molecule has 0 saturated carbocycles. The average Bonchev–Trinajstić information content (AvgIpc) is 2.39. The summed E-state index contributed by atoms with van der Waals surface area (Å²) in [7, 11) is -3.64. The molecule has 0 spiro atoms. The Hall–Kier alpha value is -1.22. The number of sulfonamides is 1. The van der Waals surface area contributed by atoms with Crippen LogP contribution in [0.2, 0.25) is 0 Å². The number of hydrogen-bond donors (Lipinski definition) is 3. The second-order valence-electron chi connectivity index (χ2n) is 4.05. The number of hydrogen-bond acceptors (Lipinski definition) is 6. The fraction of sp³-hybridized carbons (Fsp3) is 0.500. The number of ether oxygens (including phenoxy) is 1. The first-order valence-corrected chi connectivity index (χ1v) is 7.12. The van der Waals surface area contributed by atoms with Gasteiger partial charge in [0.2, 0.25) is 10.0 Å². The zero-order valence-electron chi connectivity index (χ0n) is 9.80. The molecule has 2 rings (SSSR count). The molecule has 0 radical (unpaired) electrons. The molecule has 8 heteroatoms. The predicted octanol–water partition coefficient (Wildman–Crippen LogP) is -0.175.